The summed E-state index contributed by atoms with van der Waals surface area (Å²) < 4.78 is 5.61. The van der Waals surface area contributed by atoms with Crippen molar-refractivity contribution < 1.29 is 14.3 Å². The number of hydrogen-bond acceptors (Lipinski definition) is 3. The highest BCUT2D eigenvalue weighted by Crippen LogP contribution is 2.27. The monoisotopic (exact) mass is 470 g/mol. The predicted octanol–water partition coefficient (Wildman–Crippen LogP) is 5.36. The highest BCUT2D eigenvalue weighted by molar-refractivity contribution is 6.36. The van der Waals surface area contributed by atoms with E-state index in [1.54, 1.807) is 42.5 Å². The average molecular weight is 472 g/mol. The maximum absolute atomic E-state index is 13.1. The van der Waals surface area contributed by atoms with E-state index in [0.717, 1.165) is 6.42 Å². The fourth-order valence-corrected chi connectivity index (χ4v) is 3.54. The summed E-state index contributed by atoms with van der Waals surface area (Å²) in [5.41, 5.74) is 0.586. The molecule has 2 amide bonds. The average Bonchev–Trinajstić information content (AvgIpc) is 2.73. The van der Waals surface area contributed by atoms with Crippen LogP contribution < -0.4 is 10.1 Å². The summed E-state index contributed by atoms with van der Waals surface area (Å²) >= 11 is 18.5. The Morgan fingerprint density at radius 2 is 1.67 bits per heavy atom. The first-order valence-electron chi connectivity index (χ1n) is 9.75. The molecule has 8 heteroatoms. The van der Waals surface area contributed by atoms with Gasteiger partial charge in [0.15, 0.2) is 6.61 Å². The molecule has 0 aliphatic heterocycles. The van der Waals surface area contributed by atoms with Gasteiger partial charge in [-0.2, -0.15) is 0 Å². The summed E-state index contributed by atoms with van der Waals surface area (Å²) in [6.07, 6.45) is 1.23. The zero-order valence-electron chi connectivity index (χ0n) is 17.0. The van der Waals surface area contributed by atoms with Crippen molar-refractivity contribution in [3.05, 3.63) is 63.1 Å². The smallest absolute Gasteiger partial charge is 0.261 e. The molecule has 1 atom stereocenters. The van der Waals surface area contributed by atoms with Crippen LogP contribution >= 0.6 is 34.8 Å². The van der Waals surface area contributed by atoms with E-state index in [1.807, 2.05) is 13.8 Å². The number of benzene rings is 2. The number of hydrogen-bond donors (Lipinski definition) is 1. The van der Waals surface area contributed by atoms with E-state index in [4.69, 9.17) is 39.5 Å². The molecule has 1 N–H and O–H groups in total. The normalized spacial score (nSPS) is 11.6. The van der Waals surface area contributed by atoms with Crippen LogP contribution in [-0.2, 0) is 16.1 Å². The molecule has 0 spiro atoms. The van der Waals surface area contributed by atoms with Crippen LogP contribution in [0.15, 0.2) is 42.5 Å². The van der Waals surface area contributed by atoms with Crippen LogP contribution in [0.2, 0.25) is 15.1 Å². The van der Waals surface area contributed by atoms with Crippen LogP contribution in [0.5, 0.6) is 5.75 Å². The van der Waals surface area contributed by atoms with Gasteiger partial charge in [-0.05, 0) is 49.2 Å². The van der Waals surface area contributed by atoms with Crippen molar-refractivity contribution in [2.75, 3.05) is 13.2 Å². The number of amides is 2. The Hall–Kier alpha value is -1.95. The van der Waals surface area contributed by atoms with Gasteiger partial charge in [0.25, 0.3) is 5.91 Å². The van der Waals surface area contributed by atoms with E-state index < -0.39 is 6.04 Å². The Bertz CT molecular complexity index is 839. The maximum Gasteiger partial charge on any atom is 0.261 e. The Balaban J connectivity index is 2.25. The summed E-state index contributed by atoms with van der Waals surface area (Å²) in [5.74, 6) is -0.0613. The molecule has 0 fully saturated rings. The second-order valence-corrected chi connectivity index (χ2v) is 7.93. The van der Waals surface area contributed by atoms with E-state index in [2.05, 4.69) is 5.32 Å². The van der Waals surface area contributed by atoms with Gasteiger partial charge in [-0.15, -0.1) is 0 Å². The SMILES string of the molecule is CCCNC(=O)[C@H](CC)N(Cc1c(Cl)cccc1Cl)C(=O)COc1ccc(Cl)cc1. The molecule has 0 unspecified atom stereocenters. The minimum Gasteiger partial charge on any atom is -0.484 e. The summed E-state index contributed by atoms with van der Waals surface area (Å²) in [7, 11) is 0. The minimum absolute atomic E-state index is 0.0966. The first kappa shape index (κ1) is 24.3. The van der Waals surface area contributed by atoms with Crippen molar-refractivity contribution in [3.8, 4) is 5.75 Å². The molecule has 0 aliphatic rings. The molecule has 0 aliphatic carbocycles. The maximum atomic E-state index is 13.1. The van der Waals surface area contributed by atoms with Crippen LogP contribution in [0, 0.1) is 0 Å². The topological polar surface area (TPSA) is 58.6 Å². The zero-order chi connectivity index (χ0) is 22.1. The number of rotatable bonds is 10. The van der Waals surface area contributed by atoms with E-state index in [-0.39, 0.29) is 25.0 Å². The third-order valence-electron chi connectivity index (χ3n) is 4.50. The molecular formula is C22H25Cl3N2O3. The summed E-state index contributed by atoms with van der Waals surface area (Å²) in [4.78, 5) is 27.3. The first-order valence-corrected chi connectivity index (χ1v) is 10.9. The molecule has 0 aromatic heterocycles. The first-order chi connectivity index (χ1) is 14.4. The molecule has 0 heterocycles. The number of carbonyl (C=O) groups excluding carboxylic acids is 2. The molecular weight excluding hydrogens is 447 g/mol. The molecule has 0 saturated heterocycles. The van der Waals surface area contributed by atoms with Crippen LogP contribution in [0.3, 0.4) is 0 Å². The highest BCUT2D eigenvalue weighted by atomic mass is 35.5. The van der Waals surface area contributed by atoms with E-state index in [1.165, 1.54) is 4.90 Å². The number of ether oxygens (including phenoxy) is 1. The van der Waals surface area contributed by atoms with Crippen molar-refractivity contribution in [2.45, 2.75) is 39.3 Å². The second-order valence-electron chi connectivity index (χ2n) is 6.68. The molecule has 0 radical (unpaired) electrons. The van der Waals surface area contributed by atoms with Crippen molar-refractivity contribution >= 4 is 46.6 Å². The summed E-state index contributed by atoms with van der Waals surface area (Å²) in [5, 5.41) is 4.30. The van der Waals surface area contributed by atoms with Gasteiger partial charge in [0, 0.05) is 33.7 Å². The zero-order valence-corrected chi connectivity index (χ0v) is 19.2. The van der Waals surface area contributed by atoms with Crippen molar-refractivity contribution in [1.29, 1.82) is 0 Å². The van der Waals surface area contributed by atoms with E-state index >= 15 is 0 Å². The lowest BCUT2D eigenvalue weighted by molar-refractivity contribution is -0.143. The largest absolute Gasteiger partial charge is 0.484 e. The lowest BCUT2D eigenvalue weighted by atomic mass is 10.1. The molecule has 162 valence electrons. The minimum atomic E-state index is -0.676. The Morgan fingerprint density at radius 3 is 2.23 bits per heavy atom. The second kappa shape index (κ2) is 12.0. The number of carbonyl (C=O) groups is 2. The van der Waals surface area contributed by atoms with Crippen LogP contribution in [0.1, 0.15) is 32.3 Å². The third-order valence-corrected chi connectivity index (χ3v) is 5.46. The molecule has 30 heavy (non-hydrogen) atoms. The van der Waals surface area contributed by atoms with Gasteiger partial charge in [0.05, 0.1) is 0 Å². The third kappa shape index (κ3) is 6.79. The predicted molar refractivity (Wildman–Crippen MR) is 121 cm³/mol. The van der Waals surface area contributed by atoms with Crippen LogP contribution in [0.4, 0.5) is 0 Å². The molecule has 5 nitrogen and oxygen atoms in total. The molecule has 0 bridgehead atoms. The lowest BCUT2D eigenvalue weighted by Crippen LogP contribution is -2.50. The molecule has 2 aromatic rings. The fourth-order valence-electron chi connectivity index (χ4n) is 2.90. The van der Waals surface area contributed by atoms with Crippen molar-refractivity contribution in [1.82, 2.24) is 10.2 Å². The summed E-state index contributed by atoms with van der Waals surface area (Å²) in [6.45, 7) is 4.21. The summed E-state index contributed by atoms with van der Waals surface area (Å²) in [6, 6.07) is 11.2. The molecule has 2 aromatic carbocycles. The van der Waals surface area contributed by atoms with Gasteiger partial charge in [-0.1, -0.05) is 54.7 Å². The lowest BCUT2D eigenvalue weighted by Gasteiger charge is -2.31. The van der Waals surface area contributed by atoms with Crippen molar-refractivity contribution in [3.63, 3.8) is 0 Å². The molecule has 2 rings (SSSR count). The van der Waals surface area contributed by atoms with Gasteiger partial charge in [0.1, 0.15) is 11.8 Å². The van der Waals surface area contributed by atoms with Gasteiger partial charge in [-0.25, -0.2) is 0 Å². The van der Waals surface area contributed by atoms with Crippen LogP contribution in [0.25, 0.3) is 0 Å². The number of halogens is 3. The Labute approximate surface area is 192 Å². The molecule has 0 saturated carbocycles. The van der Waals surface area contributed by atoms with Crippen LogP contribution in [-0.4, -0.2) is 35.9 Å². The van der Waals surface area contributed by atoms with E-state index in [0.29, 0.717) is 39.3 Å². The van der Waals surface area contributed by atoms with Gasteiger partial charge < -0.3 is 15.0 Å². The van der Waals surface area contributed by atoms with Gasteiger partial charge in [0.2, 0.25) is 5.91 Å². The quantitative estimate of drug-likeness (QED) is 0.507. The van der Waals surface area contributed by atoms with E-state index in [9.17, 15) is 9.59 Å². The van der Waals surface area contributed by atoms with Crippen molar-refractivity contribution in [2.24, 2.45) is 0 Å². The highest BCUT2D eigenvalue weighted by Gasteiger charge is 2.29. The Morgan fingerprint density at radius 1 is 1.03 bits per heavy atom. The number of nitrogens with zero attached hydrogens (tertiary/aromatic N) is 1. The Kier molecular flexibility index (Phi) is 9.76. The van der Waals surface area contributed by atoms with Gasteiger partial charge >= 0.3 is 0 Å². The standard InChI is InChI=1S/C22H25Cl3N2O3/c1-3-12-26-22(29)20(4-2)27(13-17-18(24)6-5-7-19(17)25)21(28)14-30-16-10-8-15(23)9-11-16/h5-11,20H,3-4,12-14H2,1-2H3,(H,26,29)/t20-/m0/s1. The number of nitrogens with one attached hydrogen (secondary N) is 1. The van der Waals surface area contributed by atoms with Gasteiger partial charge in [-0.3, -0.25) is 9.59 Å². The fraction of sp³-hybridized carbons (Fsp3) is 0.364.